The van der Waals surface area contributed by atoms with Crippen LogP contribution < -0.4 is 25.8 Å². The number of anilines is 5. The Bertz CT molecular complexity index is 1380. The van der Waals surface area contributed by atoms with Crippen molar-refractivity contribution in [3.8, 4) is 5.75 Å². The van der Waals surface area contributed by atoms with Crippen molar-refractivity contribution >= 4 is 44.8 Å². The maximum atomic E-state index is 13.4. The summed E-state index contributed by atoms with van der Waals surface area (Å²) in [5.74, 6) is -1.17. The Balaban J connectivity index is 1.58. The molecule has 1 amide bonds. The molecule has 3 aromatic rings. The average Bonchev–Trinajstić information content (AvgIpc) is 2.72. The molecule has 0 aliphatic carbocycles. The number of amides is 1. The number of carbonyl (C=O) groups excluding carboxylic acids is 1. The maximum Gasteiger partial charge on any atom is 0.482 e. The molecule has 0 saturated carbocycles. The molecule has 0 saturated heterocycles. The van der Waals surface area contributed by atoms with Gasteiger partial charge in [0.05, 0.1) is 10.6 Å². The first-order valence-corrected chi connectivity index (χ1v) is 11.0. The maximum absolute atomic E-state index is 13.4. The molecule has 1 aliphatic rings. The predicted molar refractivity (Wildman–Crippen MR) is 117 cm³/mol. The summed E-state index contributed by atoms with van der Waals surface area (Å²) in [6.45, 7) is 3.38. The quantitative estimate of drug-likeness (QED) is 0.439. The van der Waals surface area contributed by atoms with Gasteiger partial charge in [-0.3, -0.25) is 4.79 Å². The molecule has 5 N–H and O–H groups in total. The van der Waals surface area contributed by atoms with Crippen molar-refractivity contribution in [1.82, 2.24) is 9.97 Å². The van der Waals surface area contributed by atoms with Crippen LogP contribution in [0.4, 0.5) is 37.6 Å². The summed E-state index contributed by atoms with van der Waals surface area (Å²) in [7, 11) is -3.90. The molecule has 172 valence electrons. The minimum absolute atomic E-state index is 0.0261. The van der Waals surface area contributed by atoms with E-state index in [9.17, 15) is 22.0 Å². The first-order valence-electron chi connectivity index (χ1n) is 9.46. The third-order valence-electron chi connectivity index (χ3n) is 4.72. The van der Waals surface area contributed by atoms with Gasteiger partial charge in [0.2, 0.25) is 16.0 Å². The van der Waals surface area contributed by atoms with Crippen LogP contribution in [0.3, 0.4) is 0 Å². The Hall–Kier alpha value is -3.84. The highest BCUT2D eigenvalue weighted by Gasteiger charge is 2.46. The van der Waals surface area contributed by atoms with Gasteiger partial charge in [-0.1, -0.05) is 6.07 Å². The van der Waals surface area contributed by atoms with Crippen LogP contribution in [0.25, 0.3) is 0 Å². The SMILES string of the molecule is Cc1ccc(Nc2ncc(C)c(Nc3ccc4c(c3)NC(=O)C(F)(F)O4)n2)cc1S(N)(=O)=O. The number of fused-ring (bicyclic) bond motifs is 1. The number of sulfonamides is 1. The second-order valence-corrected chi connectivity index (χ2v) is 8.81. The number of ether oxygens (including phenoxy) is 1. The van der Waals surface area contributed by atoms with Gasteiger partial charge in [0.15, 0.2) is 5.75 Å². The number of hydrogen-bond donors (Lipinski definition) is 4. The van der Waals surface area contributed by atoms with Crippen LogP contribution in [-0.2, 0) is 14.8 Å². The van der Waals surface area contributed by atoms with E-state index in [-0.39, 0.29) is 22.3 Å². The molecule has 2 aromatic carbocycles. The van der Waals surface area contributed by atoms with Gasteiger partial charge in [0.25, 0.3) is 0 Å². The molecule has 2 heterocycles. The number of nitrogens with one attached hydrogen (secondary N) is 3. The smallest absolute Gasteiger partial charge is 0.423 e. The fraction of sp³-hybridized carbons (Fsp3) is 0.150. The van der Waals surface area contributed by atoms with E-state index < -0.39 is 22.0 Å². The molecular formula is C20H18F2N6O4S. The molecule has 0 atom stereocenters. The molecule has 0 spiro atoms. The minimum atomic E-state index is -3.94. The van der Waals surface area contributed by atoms with Crippen LogP contribution in [0, 0.1) is 13.8 Å². The molecule has 33 heavy (non-hydrogen) atoms. The molecule has 13 heteroatoms. The highest BCUT2D eigenvalue weighted by molar-refractivity contribution is 7.89. The molecule has 0 bridgehead atoms. The van der Waals surface area contributed by atoms with Crippen LogP contribution in [0.15, 0.2) is 47.5 Å². The van der Waals surface area contributed by atoms with Crippen molar-refractivity contribution in [3.63, 3.8) is 0 Å². The highest BCUT2D eigenvalue weighted by Crippen LogP contribution is 2.37. The zero-order chi connectivity index (χ0) is 24.0. The number of aromatic nitrogens is 2. The summed E-state index contributed by atoms with van der Waals surface area (Å²) in [5.41, 5.74) is 2.10. The monoisotopic (exact) mass is 476 g/mol. The van der Waals surface area contributed by atoms with E-state index in [1.165, 1.54) is 30.5 Å². The van der Waals surface area contributed by atoms with Crippen LogP contribution in [0.1, 0.15) is 11.1 Å². The standard InChI is InChI=1S/C20H18F2N6O4S/c1-10-3-4-13(8-16(10)33(23,30)31)26-19-24-9-11(2)17(28-19)25-12-5-6-15-14(7-12)27-18(29)20(21,22)32-15/h3-9H,1-2H3,(H,27,29)(H2,23,30,31)(H2,24,25,26,28). The van der Waals surface area contributed by atoms with Crippen molar-refractivity contribution in [1.29, 1.82) is 0 Å². The largest absolute Gasteiger partial charge is 0.482 e. The summed E-state index contributed by atoms with van der Waals surface area (Å²) in [6.07, 6.45) is -2.40. The molecule has 0 radical (unpaired) electrons. The Morgan fingerprint density at radius 2 is 1.76 bits per heavy atom. The lowest BCUT2D eigenvalue weighted by Crippen LogP contribution is -2.43. The number of rotatable bonds is 5. The van der Waals surface area contributed by atoms with Gasteiger partial charge in [-0.2, -0.15) is 13.8 Å². The second-order valence-electron chi connectivity index (χ2n) is 7.28. The highest BCUT2D eigenvalue weighted by atomic mass is 32.2. The summed E-state index contributed by atoms with van der Waals surface area (Å²) in [6, 6.07) is 8.84. The Labute approximate surface area is 187 Å². The molecule has 1 aliphatic heterocycles. The number of hydrogen-bond acceptors (Lipinski definition) is 8. The Morgan fingerprint density at radius 3 is 2.48 bits per heavy atom. The average molecular weight is 476 g/mol. The van der Waals surface area contributed by atoms with Crippen molar-refractivity contribution in [3.05, 3.63) is 53.7 Å². The van der Waals surface area contributed by atoms with Crippen molar-refractivity contribution in [2.24, 2.45) is 5.14 Å². The van der Waals surface area contributed by atoms with Crippen LogP contribution in [-0.4, -0.2) is 30.4 Å². The number of aryl methyl sites for hydroxylation is 2. The van der Waals surface area contributed by atoms with Gasteiger partial charge in [0, 0.05) is 23.1 Å². The van der Waals surface area contributed by atoms with Gasteiger partial charge in [-0.05, 0) is 49.7 Å². The van der Waals surface area contributed by atoms with Gasteiger partial charge < -0.3 is 20.7 Å². The van der Waals surface area contributed by atoms with E-state index in [4.69, 9.17) is 5.14 Å². The lowest BCUT2D eigenvalue weighted by molar-refractivity contribution is -0.189. The third-order valence-corrected chi connectivity index (χ3v) is 5.77. The zero-order valence-electron chi connectivity index (χ0n) is 17.3. The first-order chi connectivity index (χ1) is 15.4. The molecule has 1 aromatic heterocycles. The predicted octanol–water partition coefficient (Wildman–Crippen LogP) is 3.15. The van der Waals surface area contributed by atoms with Gasteiger partial charge >= 0.3 is 12.0 Å². The molecule has 10 nitrogen and oxygen atoms in total. The zero-order valence-corrected chi connectivity index (χ0v) is 18.1. The molecular weight excluding hydrogens is 458 g/mol. The van der Waals surface area contributed by atoms with E-state index in [1.807, 2.05) is 0 Å². The number of carbonyl (C=O) groups is 1. The van der Waals surface area contributed by atoms with Crippen LogP contribution in [0.5, 0.6) is 5.75 Å². The van der Waals surface area contributed by atoms with Crippen molar-refractivity contribution in [2.75, 3.05) is 16.0 Å². The van der Waals surface area contributed by atoms with E-state index in [2.05, 4.69) is 30.7 Å². The lowest BCUT2D eigenvalue weighted by Gasteiger charge is -2.25. The third kappa shape index (κ3) is 4.68. The fourth-order valence-corrected chi connectivity index (χ4v) is 3.86. The number of nitrogens with zero attached hydrogens (tertiary/aromatic N) is 2. The Kier molecular flexibility index (Phi) is 5.38. The van der Waals surface area contributed by atoms with Gasteiger partial charge in [-0.15, -0.1) is 0 Å². The summed E-state index contributed by atoms with van der Waals surface area (Å²) < 4.78 is 54.7. The van der Waals surface area contributed by atoms with E-state index in [1.54, 1.807) is 26.0 Å². The van der Waals surface area contributed by atoms with Crippen LogP contribution in [0.2, 0.25) is 0 Å². The normalized spacial score (nSPS) is 14.6. The molecule has 4 rings (SSSR count). The van der Waals surface area contributed by atoms with E-state index >= 15 is 0 Å². The number of halogens is 2. The van der Waals surface area contributed by atoms with Gasteiger partial charge in [0.1, 0.15) is 5.82 Å². The Morgan fingerprint density at radius 1 is 1.06 bits per heavy atom. The van der Waals surface area contributed by atoms with Gasteiger partial charge in [-0.25, -0.2) is 18.5 Å². The fourth-order valence-electron chi connectivity index (χ4n) is 3.05. The van der Waals surface area contributed by atoms with Crippen molar-refractivity contribution < 1.29 is 26.7 Å². The topological polar surface area (TPSA) is 148 Å². The number of nitrogens with two attached hydrogens (primary N) is 1. The van der Waals surface area contributed by atoms with E-state index in [0.717, 1.165) is 0 Å². The minimum Gasteiger partial charge on any atom is -0.423 e. The van der Waals surface area contributed by atoms with Crippen LogP contribution >= 0.6 is 0 Å². The molecule has 0 fully saturated rings. The lowest BCUT2D eigenvalue weighted by atomic mass is 10.2. The number of benzene rings is 2. The summed E-state index contributed by atoms with van der Waals surface area (Å²) in [5, 5.41) is 13.3. The van der Waals surface area contributed by atoms with Crippen molar-refractivity contribution in [2.45, 2.75) is 24.9 Å². The second kappa shape index (κ2) is 7.94. The number of alkyl halides is 2. The van der Waals surface area contributed by atoms with E-state index in [0.29, 0.717) is 28.3 Å². The first kappa shape index (κ1) is 22.4. The molecule has 0 unspecified atom stereocenters. The summed E-state index contributed by atoms with van der Waals surface area (Å²) >= 11 is 0. The summed E-state index contributed by atoms with van der Waals surface area (Å²) in [4.78, 5) is 20.0. The number of primary sulfonamides is 1.